The van der Waals surface area contributed by atoms with Crippen molar-refractivity contribution >= 4 is 33.3 Å². The molecule has 0 bridgehead atoms. The van der Waals surface area contributed by atoms with Crippen molar-refractivity contribution in [3.63, 3.8) is 0 Å². The van der Waals surface area contributed by atoms with Crippen molar-refractivity contribution in [2.75, 3.05) is 14.2 Å². The zero-order chi connectivity index (χ0) is 15.6. The first kappa shape index (κ1) is 15.4. The number of pyridine rings is 1. The lowest BCUT2D eigenvalue weighted by atomic mass is 10.0. The molecule has 112 valence electrons. The molecule has 0 radical (unpaired) electrons. The standard InChI is InChI=1S/C14H16N2O4S/c1-7(8(2)17)5-9(18)14-16-12-11(21-14)6-10(19-3)13(15-12)20-4/h6-7H,5H2,1-4H3/t7-/m1/s1. The van der Waals surface area contributed by atoms with Gasteiger partial charge in [0.05, 0.1) is 18.9 Å². The molecule has 0 saturated heterocycles. The molecular weight excluding hydrogens is 292 g/mol. The number of thiazole rings is 1. The molecule has 7 heteroatoms. The van der Waals surface area contributed by atoms with E-state index >= 15 is 0 Å². The van der Waals surface area contributed by atoms with E-state index in [1.54, 1.807) is 13.0 Å². The molecule has 1 atom stereocenters. The van der Waals surface area contributed by atoms with Crippen molar-refractivity contribution in [2.24, 2.45) is 5.92 Å². The van der Waals surface area contributed by atoms with E-state index < -0.39 is 0 Å². The normalized spacial score (nSPS) is 12.2. The smallest absolute Gasteiger partial charge is 0.258 e. The predicted octanol–water partition coefficient (Wildman–Crippen LogP) is 2.51. The molecule has 0 amide bonds. The lowest BCUT2D eigenvalue weighted by Crippen LogP contribution is -2.12. The van der Waals surface area contributed by atoms with Crippen molar-refractivity contribution in [3.05, 3.63) is 11.1 Å². The maximum Gasteiger partial charge on any atom is 0.258 e. The van der Waals surface area contributed by atoms with Crippen LogP contribution in [0.4, 0.5) is 0 Å². The molecule has 6 nitrogen and oxygen atoms in total. The SMILES string of the molecule is COc1cc2sc(C(=O)C[C@@H](C)C(C)=O)nc2nc1OC. The van der Waals surface area contributed by atoms with E-state index in [1.165, 1.54) is 32.5 Å². The molecule has 2 aromatic rings. The Kier molecular flexibility index (Phi) is 4.52. The number of hydrogen-bond acceptors (Lipinski definition) is 7. The molecule has 21 heavy (non-hydrogen) atoms. The van der Waals surface area contributed by atoms with E-state index in [9.17, 15) is 9.59 Å². The van der Waals surface area contributed by atoms with Gasteiger partial charge in [0.15, 0.2) is 22.2 Å². The molecule has 0 aliphatic carbocycles. The molecular formula is C14H16N2O4S. The number of ketones is 2. The number of hydrogen-bond donors (Lipinski definition) is 0. The summed E-state index contributed by atoms with van der Waals surface area (Å²) in [7, 11) is 3.01. The fourth-order valence-electron chi connectivity index (χ4n) is 1.75. The third-order valence-electron chi connectivity index (χ3n) is 3.15. The zero-order valence-electron chi connectivity index (χ0n) is 12.3. The van der Waals surface area contributed by atoms with Crippen LogP contribution < -0.4 is 9.47 Å². The van der Waals surface area contributed by atoms with Crippen LogP contribution in [0.5, 0.6) is 11.6 Å². The molecule has 0 aromatic carbocycles. The van der Waals surface area contributed by atoms with E-state index in [1.807, 2.05) is 0 Å². The summed E-state index contributed by atoms with van der Waals surface area (Å²) in [5.74, 6) is 0.349. The average Bonchev–Trinajstić information content (AvgIpc) is 2.88. The van der Waals surface area contributed by atoms with Crippen LogP contribution in [0.2, 0.25) is 0 Å². The second-order valence-corrected chi connectivity index (χ2v) is 5.71. The number of Topliss-reactive ketones (excluding diaryl/α,β-unsaturated/α-hetero) is 2. The number of ether oxygens (including phenoxy) is 2. The summed E-state index contributed by atoms with van der Waals surface area (Å²) in [4.78, 5) is 31.8. The molecule has 0 spiro atoms. The van der Waals surface area contributed by atoms with Crippen LogP contribution in [-0.2, 0) is 4.79 Å². The van der Waals surface area contributed by atoms with Gasteiger partial charge in [-0.05, 0) is 6.92 Å². The molecule has 2 rings (SSSR count). The number of carbonyl (C=O) groups is 2. The number of carbonyl (C=O) groups excluding carboxylic acids is 2. The molecule has 0 unspecified atom stereocenters. The number of methoxy groups -OCH3 is 2. The summed E-state index contributed by atoms with van der Waals surface area (Å²) < 4.78 is 11.0. The summed E-state index contributed by atoms with van der Waals surface area (Å²) in [6, 6.07) is 1.74. The second kappa shape index (κ2) is 6.17. The number of aromatic nitrogens is 2. The van der Waals surface area contributed by atoms with Crippen molar-refractivity contribution in [3.8, 4) is 11.6 Å². The number of rotatable bonds is 6. The lowest BCUT2D eigenvalue weighted by Gasteiger charge is -2.04. The molecule has 0 N–H and O–H groups in total. The van der Waals surface area contributed by atoms with Gasteiger partial charge in [-0.15, -0.1) is 11.3 Å². The van der Waals surface area contributed by atoms with Gasteiger partial charge in [0, 0.05) is 18.4 Å². The van der Waals surface area contributed by atoms with Crippen LogP contribution in [0.3, 0.4) is 0 Å². The van der Waals surface area contributed by atoms with Crippen LogP contribution >= 0.6 is 11.3 Å². The molecule has 0 saturated carbocycles. The van der Waals surface area contributed by atoms with E-state index in [0.717, 1.165) is 4.70 Å². The quantitative estimate of drug-likeness (QED) is 0.763. The average molecular weight is 308 g/mol. The van der Waals surface area contributed by atoms with Gasteiger partial charge < -0.3 is 9.47 Å². The van der Waals surface area contributed by atoms with E-state index in [2.05, 4.69) is 9.97 Å². The third kappa shape index (κ3) is 3.18. The summed E-state index contributed by atoms with van der Waals surface area (Å²) in [5.41, 5.74) is 0.441. The van der Waals surface area contributed by atoms with Crippen LogP contribution in [0.1, 0.15) is 30.1 Å². The Balaban J connectivity index is 2.34. The van der Waals surface area contributed by atoms with Gasteiger partial charge in [0.25, 0.3) is 5.88 Å². The van der Waals surface area contributed by atoms with Gasteiger partial charge in [-0.1, -0.05) is 6.92 Å². The van der Waals surface area contributed by atoms with Crippen LogP contribution in [0.15, 0.2) is 6.07 Å². The minimum Gasteiger partial charge on any atom is -0.491 e. The molecule has 0 aliphatic rings. The topological polar surface area (TPSA) is 78.4 Å². The molecule has 2 heterocycles. The maximum absolute atomic E-state index is 12.1. The Bertz CT molecular complexity index is 655. The first-order valence-electron chi connectivity index (χ1n) is 6.39. The first-order valence-corrected chi connectivity index (χ1v) is 7.21. The van der Waals surface area contributed by atoms with Crippen molar-refractivity contribution < 1.29 is 19.1 Å². The van der Waals surface area contributed by atoms with Crippen molar-refractivity contribution in [1.82, 2.24) is 9.97 Å². The Labute approximate surface area is 126 Å². The second-order valence-electron chi connectivity index (χ2n) is 4.68. The van der Waals surface area contributed by atoms with E-state index in [4.69, 9.17) is 9.47 Å². The Morgan fingerprint density at radius 3 is 2.57 bits per heavy atom. The van der Waals surface area contributed by atoms with Crippen LogP contribution in [0.25, 0.3) is 10.3 Å². The van der Waals surface area contributed by atoms with Crippen molar-refractivity contribution in [2.45, 2.75) is 20.3 Å². The minimum atomic E-state index is -0.304. The fourth-order valence-corrected chi connectivity index (χ4v) is 2.64. The summed E-state index contributed by atoms with van der Waals surface area (Å²) in [6.45, 7) is 3.21. The first-order chi connectivity index (χ1) is 9.96. The predicted molar refractivity (Wildman–Crippen MR) is 79.3 cm³/mol. The van der Waals surface area contributed by atoms with Gasteiger partial charge in [0.2, 0.25) is 0 Å². The zero-order valence-corrected chi connectivity index (χ0v) is 13.1. The highest BCUT2D eigenvalue weighted by molar-refractivity contribution is 7.20. The molecule has 0 fully saturated rings. The van der Waals surface area contributed by atoms with Crippen LogP contribution in [-0.4, -0.2) is 35.8 Å². The third-order valence-corrected chi connectivity index (χ3v) is 4.18. The summed E-state index contributed by atoms with van der Waals surface area (Å²) in [5, 5.41) is 0.348. The highest BCUT2D eigenvalue weighted by Gasteiger charge is 2.20. The van der Waals surface area contributed by atoms with Gasteiger partial charge >= 0.3 is 0 Å². The Morgan fingerprint density at radius 2 is 2.00 bits per heavy atom. The molecule has 0 aliphatic heterocycles. The van der Waals surface area contributed by atoms with Gasteiger partial charge in [-0.25, -0.2) is 4.98 Å². The largest absolute Gasteiger partial charge is 0.491 e. The fraction of sp³-hybridized carbons (Fsp3) is 0.429. The minimum absolute atomic E-state index is 0.00840. The summed E-state index contributed by atoms with van der Waals surface area (Å²) >= 11 is 1.24. The van der Waals surface area contributed by atoms with Gasteiger partial charge in [-0.3, -0.25) is 9.59 Å². The Morgan fingerprint density at radius 1 is 1.29 bits per heavy atom. The van der Waals surface area contributed by atoms with E-state index in [0.29, 0.717) is 22.3 Å². The lowest BCUT2D eigenvalue weighted by molar-refractivity contribution is -0.120. The monoisotopic (exact) mass is 308 g/mol. The maximum atomic E-state index is 12.1. The van der Waals surface area contributed by atoms with Gasteiger partial charge in [0.1, 0.15) is 5.78 Å². The van der Waals surface area contributed by atoms with Gasteiger partial charge in [-0.2, -0.15) is 4.98 Å². The number of fused-ring (bicyclic) bond motifs is 1. The summed E-state index contributed by atoms with van der Waals surface area (Å²) in [6.07, 6.45) is 0.156. The number of nitrogens with zero attached hydrogens (tertiary/aromatic N) is 2. The van der Waals surface area contributed by atoms with E-state index in [-0.39, 0.29) is 23.9 Å². The highest BCUT2D eigenvalue weighted by Crippen LogP contribution is 2.32. The Hall–Kier alpha value is -2.02. The van der Waals surface area contributed by atoms with Crippen molar-refractivity contribution in [1.29, 1.82) is 0 Å². The highest BCUT2D eigenvalue weighted by atomic mass is 32.1. The molecule has 2 aromatic heterocycles. The van der Waals surface area contributed by atoms with Crippen LogP contribution in [0, 0.1) is 5.92 Å².